The molecule has 13 heterocycles. The van der Waals surface area contributed by atoms with E-state index in [-0.39, 0.29) is 10.8 Å². The van der Waals surface area contributed by atoms with Crippen molar-refractivity contribution in [1.82, 2.24) is 48.7 Å². The van der Waals surface area contributed by atoms with Gasteiger partial charge in [0.15, 0.2) is 0 Å². The Hall–Kier alpha value is -10.1. The molecule has 0 saturated heterocycles. The quantitative estimate of drug-likeness (QED) is 0.170. The summed E-state index contributed by atoms with van der Waals surface area (Å²) in [5.74, 6) is 5.34. The molecular formula is C89H110N10O2. The maximum absolute atomic E-state index is 5.76. The van der Waals surface area contributed by atoms with Crippen LogP contribution in [-0.2, 0) is 5.41 Å². The van der Waals surface area contributed by atoms with Gasteiger partial charge in [0.25, 0.3) is 0 Å². The van der Waals surface area contributed by atoms with Gasteiger partial charge in [0.2, 0.25) is 0 Å². The van der Waals surface area contributed by atoms with Gasteiger partial charge in [0, 0.05) is 88.6 Å². The molecule has 16 rings (SSSR count). The van der Waals surface area contributed by atoms with Crippen LogP contribution >= 0.6 is 0 Å². The average Bonchev–Trinajstić information content (AvgIpc) is 1.65. The van der Waals surface area contributed by atoms with E-state index >= 15 is 0 Å². The normalized spacial score (nSPS) is 13.3. The number of fused-ring (bicyclic) bond motifs is 8. The van der Waals surface area contributed by atoms with Gasteiger partial charge in [-0.2, -0.15) is 15.3 Å². The van der Waals surface area contributed by atoms with Crippen molar-refractivity contribution in [1.29, 1.82) is 0 Å². The minimum Gasteiger partial charge on any atom is -0.461 e. The first-order valence-corrected chi connectivity index (χ1v) is 36.1. The highest BCUT2D eigenvalue weighted by Gasteiger charge is 2.24. The second-order valence-corrected chi connectivity index (χ2v) is 30.4. The average molecular weight is 1350 g/mol. The molecule has 101 heavy (non-hydrogen) atoms. The van der Waals surface area contributed by atoms with Crippen molar-refractivity contribution in [2.24, 2.45) is 5.41 Å². The molecule has 0 bridgehead atoms. The number of H-pyrrole nitrogens is 1. The van der Waals surface area contributed by atoms with Gasteiger partial charge in [0.05, 0.1) is 40.2 Å². The molecule has 1 atom stereocenters. The molecule has 0 spiro atoms. The topological polar surface area (TPSA) is 114 Å². The number of aromatic nitrogens is 8. The summed E-state index contributed by atoms with van der Waals surface area (Å²) in [6.07, 6.45) is 25.2. The van der Waals surface area contributed by atoms with Gasteiger partial charge in [-0.3, -0.25) is 10.1 Å². The van der Waals surface area contributed by atoms with Crippen molar-refractivity contribution >= 4 is 54.9 Å². The summed E-state index contributed by atoms with van der Waals surface area (Å²) in [7, 11) is 0. The molecule has 2 aliphatic rings. The molecule has 3 aromatic carbocycles. The van der Waals surface area contributed by atoms with Crippen molar-refractivity contribution in [3.8, 4) is 0 Å². The van der Waals surface area contributed by atoms with Gasteiger partial charge >= 0.3 is 0 Å². The molecule has 0 amide bonds. The van der Waals surface area contributed by atoms with Gasteiger partial charge in [-0.1, -0.05) is 210 Å². The number of hydrogen-bond acceptors (Lipinski definition) is 7. The van der Waals surface area contributed by atoms with Crippen molar-refractivity contribution in [3.05, 3.63) is 294 Å². The van der Waals surface area contributed by atoms with Crippen molar-refractivity contribution in [2.45, 2.75) is 192 Å². The lowest BCUT2D eigenvalue weighted by Gasteiger charge is -2.30. The predicted octanol–water partition coefficient (Wildman–Crippen LogP) is 24.1. The Morgan fingerprint density at radius 2 is 1.13 bits per heavy atom. The first-order chi connectivity index (χ1) is 48.1. The monoisotopic (exact) mass is 1350 g/mol. The number of para-hydroxylation sites is 2. The number of hydrazine groups is 1. The number of aromatic amines is 1. The van der Waals surface area contributed by atoms with Crippen LogP contribution < -0.4 is 5.43 Å². The highest BCUT2D eigenvalue weighted by atomic mass is 16.3. The van der Waals surface area contributed by atoms with Crippen LogP contribution in [0.3, 0.4) is 0 Å². The third kappa shape index (κ3) is 19.3. The van der Waals surface area contributed by atoms with Crippen LogP contribution in [0.25, 0.3) is 54.9 Å². The number of furan rings is 2. The van der Waals surface area contributed by atoms with Gasteiger partial charge in [0.1, 0.15) is 22.7 Å². The van der Waals surface area contributed by atoms with Crippen molar-refractivity contribution in [2.75, 3.05) is 0 Å². The number of nitrogens with one attached hydrogen (secondary N) is 2. The Kier molecular flexibility index (Phi) is 24.8. The van der Waals surface area contributed by atoms with E-state index in [1.807, 2.05) is 88.4 Å². The van der Waals surface area contributed by atoms with Gasteiger partial charge in [-0.15, -0.1) is 0 Å². The zero-order valence-corrected chi connectivity index (χ0v) is 63.9. The second kappa shape index (κ2) is 33.4. The van der Waals surface area contributed by atoms with Crippen LogP contribution in [0, 0.1) is 26.2 Å². The fourth-order valence-corrected chi connectivity index (χ4v) is 12.1. The molecule has 0 aliphatic carbocycles. The van der Waals surface area contributed by atoms with Gasteiger partial charge < -0.3 is 23.1 Å². The van der Waals surface area contributed by atoms with Crippen LogP contribution in [0.15, 0.2) is 246 Å². The lowest BCUT2D eigenvalue weighted by Crippen LogP contribution is -2.34. The van der Waals surface area contributed by atoms with Crippen LogP contribution in [0.1, 0.15) is 216 Å². The first-order valence-electron chi connectivity index (χ1n) is 36.1. The molecule has 1 unspecified atom stereocenters. The largest absolute Gasteiger partial charge is 0.461 e. The molecule has 0 radical (unpaired) electrons. The van der Waals surface area contributed by atoms with E-state index in [2.05, 4.69) is 337 Å². The van der Waals surface area contributed by atoms with E-state index in [0.29, 0.717) is 41.5 Å². The van der Waals surface area contributed by atoms with Crippen molar-refractivity contribution in [3.63, 3.8) is 0 Å². The SMILES string of the molecule is CC(C)(C)C1=CN2NC=CC2C=C1.CC(C)(C)c1ccc2cn[nH]c2c1.CC(C)c1cc2ccccc2o1.CC(C)c1cc2ccccn2c1.CC(C)c1cc2ccccn2n1.Cc1c(C(C)C)cn2ccccc12.Cc1c(C(C)C)nn2ccccc12.Cc1c(C(C)C)oc2ccccc12. The summed E-state index contributed by atoms with van der Waals surface area (Å²) < 4.78 is 19.6. The Labute approximate surface area is 600 Å². The Morgan fingerprint density at radius 3 is 1.73 bits per heavy atom. The molecule has 528 valence electrons. The summed E-state index contributed by atoms with van der Waals surface area (Å²) in [5.41, 5.74) is 23.6. The van der Waals surface area contributed by atoms with Crippen LogP contribution in [0.4, 0.5) is 0 Å². The van der Waals surface area contributed by atoms with Crippen molar-refractivity contribution < 1.29 is 8.83 Å². The fourth-order valence-electron chi connectivity index (χ4n) is 12.1. The lowest BCUT2D eigenvalue weighted by atomic mass is 9.85. The second-order valence-electron chi connectivity index (χ2n) is 30.4. The zero-order chi connectivity index (χ0) is 72.9. The highest BCUT2D eigenvalue weighted by molar-refractivity contribution is 5.82. The number of nitrogens with zero attached hydrogens (tertiary/aromatic N) is 8. The number of aryl methyl sites for hydroxylation is 3. The lowest BCUT2D eigenvalue weighted by molar-refractivity contribution is 0.312. The van der Waals surface area contributed by atoms with Gasteiger partial charge in [-0.25, -0.2) is 9.03 Å². The zero-order valence-electron chi connectivity index (χ0n) is 63.9. The standard InChI is InChI=1S/C12H15N.C12H14O.C11H14N2.C11H16N2.C11H14N2.C11H13N.C11H12O.C10H12N2/c1-9(2)11-8-13-7-5-4-6-12(13)10(11)3;1-8(2)12-9(3)10-6-4-5-7-11(10)13-12;1-11(2,3)9-5-4-8-7-12-13-10(8)6-9;1-11(2,3)9-4-5-10-6-7-12-13(10)8-9;1-8(2)11-9(3)10-6-4-5-7-13(10)12-11;1-9(2)10-7-11-5-3-4-6-12(11)8-10;1-8(2)11-7-9-5-3-4-6-10(9)12-11;1-8(2)10-7-9-5-3-4-6-12(9)11-10/h4-9H,1-3H3;4-8H,1-3H3;4-7H,1-3H3,(H,12,13);4-8,10,12H,1-3H3;4-8H,1-3H3;3-9H,1-2H3;2*3-8H,1-2H3. The fraction of sp³-hybridized carbons (Fsp3) is 0.337. The van der Waals surface area contributed by atoms with E-state index in [9.17, 15) is 0 Å². The molecule has 0 saturated carbocycles. The summed E-state index contributed by atoms with van der Waals surface area (Å²) in [4.78, 5) is 0. The molecule has 2 aliphatic heterocycles. The van der Waals surface area contributed by atoms with E-state index in [1.165, 1.54) is 82.9 Å². The van der Waals surface area contributed by atoms with E-state index in [1.54, 1.807) is 0 Å². The van der Waals surface area contributed by atoms with E-state index in [4.69, 9.17) is 8.83 Å². The predicted molar refractivity (Wildman–Crippen MR) is 426 cm³/mol. The Bertz CT molecular complexity index is 4560. The highest BCUT2D eigenvalue weighted by Crippen LogP contribution is 2.33. The van der Waals surface area contributed by atoms with Gasteiger partial charge in [-0.05, 0) is 185 Å². The number of benzene rings is 3. The molecule has 11 aromatic heterocycles. The first kappa shape index (κ1) is 75.1. The molecule has 0 fully saturated rings. The van der Waals surface area contributed by atoms with Crippen LogP contribution in [-0.4, -0.2) is 49.3 Å². The Morgan fingerprint density at radius 1 is 0.485 bits per heavy atom. The summed E-state index contributed by atoms with van der Waals surface area (Å²) in [5, 5.41) is 21.7. The molecule has 12 heteroatoms. The third-order valence-corrected chi connectivity index (χ3v) is 18.3. The van der Waals surface area contributed by atoms with Crippen LogP contribution in [0.5, 0.6) is 0 Å². The number of hydrogen-bond donors (Lipinski definition) is 2. The molecular weight excluding hydrogens is 1240 g/mol. The molecule has 2 N–H and O–H groups in total. The molecule has 12 nitrogen and oxygen atoms in total. The summed E-state index contributed by atoms with van der Waals surface area (Å²) in [6, 6.07) is 54.5. The minimum atomic E-state index is 0.208. The maximum atomic E-state index is 5.76. The summed E-state index contributed by atoms with van der Waals surface area (Å²) in [6.45, 7) is 45.9. The maximum Gasteiger partial charge on any atom is 0.134 e. The third-order valence-electron chi connectivity index (χ3n) is 18.3. The number of pyridine rings is 4. The van der Waals surface area contributed by atoms with E-state index in [0.717, 1.165) is 33.9 Å². The minimum absolute atomic E-state index is 0.208. The molecule has 14 aromatic rings. The number of allylic oxidation sites excluding steroid dienone is 2. The summed E-state index contributed by atoms with van der Waals surface area (Å²) >= 11 is 0. The smallest absolute Gasteiger partial charge is 0.134 e. The Balaban J connectivity index is 0.000000134. The number of rotatable bonds is 6. The van der Waals surface area contributed by atoms with E-state index < -0.39 is 0 Å². The van der Waals surface area contributed by atoms with Crippen LogP contribution in [0.2, 0.25) is 0 Å².